The number of aromatic nitrogens is 2. The second-order valence-electron chi connectivity index (χ2n) is 5.35. The Balaban J connectivity index is 1.97. The number of carboxylic acids is 1. The molecule has 1 fully saturated rings. The Bertz CT molecular complexity index is 487. The highest BCUT2D eigenvalue weighted by Crippen LogP contribution is 2.28. The molecule has 5 nitrogen and oxygen atoms in total. The molecule has 2 rings (SSSR count). The zero-order valence-corrected chi connectivity index (χ0v) is 11.4. The molecule has 8 heteroatoms. The van der Waals surface area contributed by atoms with E-state index < -0.39 is 23.8 Å². The lowest BCUT2D eigenvalue weighted by Crippen LogP contribution is -2.39. The third-order valence-electron chi connectivity index (χ3n) is 3.81. The van der Waals surface area contributed by atoms with Gasteiger partial charge < -0.3 is 10.4 Å². The van der Waals surface area contributed by atoms with Crippen LogP contribution in [0.25, 0.3) is 0 Å². The summed E-state index contributed by atoms with van der Waals surface area (Å²) in [6.45, 7) is 0.150. The van der Waals surface area contributed by atoms with Crippen LogP contribution >= 0.6 is 0 Å². The van der Waals surface area contributed by atoms with Crippen LogP contribution in [0.2, 0.25) is 0 Å². The molecule has 0 saturated heterocycles. The maximum Gasteiger partial charge on any atom is 0.435 e. The minimum atomic E-state index is -4.47. The van der Waals surface area contributed by atoms with Gasteiger partial charge in [-0.2, -0.15) is 18.3 Å². The van der Waals surface area contributed by atoms with Gasteiger partial charge in [0, 0.05) is 18.3 Å². The van der Waals surface area contributed by atoms with Gasteiger partial charge in [0.05, 0.1) is 5.92 Å². The van der Waals surface area contributed by atoms with Crippen molar-refractivity contribution in [3.8, 4) is 0 Å². The predicted molar refractivity (Wildman–Crippen MR) is 68.4 cm³/mol. The van der Waals surface area contributed by atoms with Crippen molar-refractivity contribution in [2.75, 3.05) is 0 Å². The molecule has 118 valence electrons. The molecule has 1 heterocycles. The van der Waals surface area contributed by atoms with E-state index in [2.05, 4.69) is 15.5 Å². The van der Waals surface area contributed by atoms with Gasteiger partial charge in [-0.05, 0) is 18.9 Å². The van der Waals surface area contributed by atoms with Crippen LogP contribution in [-0.2, 0) is 17.5 Å². The molecular weight excluding hydrogens is 287 g/mol. The minimum absolute atomic E-state index is 0.150. The number of rotatable bonds is 4. The van der Waals surface area contributed by atoms with Crippen molar-refractivity contribution in [2.24, 2.45) is 5.92 Å². The van der Waals surface area contributed by atoms with Crippen LogP contribution in [-0.4, -0.2) is 27.3 Å². The van der Waals surface area contributed by atoms with Crippen LogP contribution in [0.3, 0.4) is 0 Å². The zero-order chi connectivity index (χ0) is 15.5. The van der Waals surface area contributed by atoms with E-state index in [1.807, 2.05) is 0 Å². The van der Waals surface area contributed by atoms with E-state index in [0.29, 0.717) is 12.1 Å². The number of aliphatic carboxylic acids is 1. The van der Waals surface area contributed by atoms with Crippen LogP contribution in [0.5, 0.6) is 0 Å². The molecule has 0 unspecified atom stereocenters. The van der Waals surface area contributed by atoms with E-state index in [-0.39, 0.29) is 12.6 Å². The Morgan fingerprint density at radius 2 is 2.10 bits per heavy atom. The van der Waals surface area contributed by atoms with E-state index in [4.69, 9.17) is 0 Å². The average molecular weight is 305 g/mol. The number of hydrogen-bond acceptors (Lipinski definition) is 3. The number of carbonyl (C=O) groups is 1. The summed E-state index contributed by atoms with van der Waals surface area (Å²) in [5.74, 6) is -1.34. The zero-order valence-electron chi connectivity index (χ0n) is 11.4. The van der Waals surface area contributed by atoms with Gasteiger partial charge in [-0.3, -0.25) is 9.89 Å². The van der Waals surface area contributed by atoms with Crippen LogP contribution in [0, 0.1) is 5.92 Å². The van der Waals surface area contributed by atoms with Crippen molar-refractivity contribution in [3.05, 3.63) is 17.5 Å². The smallest absolute Gasteiger partial charge is 0.435 e. The Labute approximate surface area is 119 Å². The first-order valence-corrected chi connectivity index (χ1v) is 6.95. The second kappa shape index (κ2) is 6.46. The average Bonchev–Trinajstić information content (AvgIpc) is 2.74. The molecular formula is C13H18F3N3O2. The summed E-state index contributed by atoms with van der Waals surface area (Å²) in [4.78, 5) is 11.3. The first-order chi connectivity index (χ1) is 9.88. The van der Waals surface area contributed by atoms with Gasteiger partial charge >= 0.3 is 12.1 Å². The van der Waals surface area contributed by atoms with E-state index in [9.17, 15) is 23.1 Å². The summed E-state index contributed by atoms with van der Waals surface area (Å²) < 4.78 is 37.3. The monoisotopic (exact) mass is 305 g/mol. The molecule has 1 aromatic heterocycles. The number of alkyl halides is 3. The molecule has 1 saturated carbocycles. The third-order valence-corrected chi connectivity index (χ3v) is 3.81. The lowest BCUT2D eigenvalue weighted by molar-refractivity contribution is -0.143. The quantitative estimate of drug-likeness (QED) is 0.747. The van der Waals surface area contributed by atoms with Crippen molar-refractivity contribution in [1.29, 1.82) is 0 Å². The Hall–Kier alpha value is -1.57. The van der Waals surface area contributed by atoms with Gasteiger partial charge in [0.15, 0.2) is 5.69 Å². The van der Waals surface area contributed by atoms with Gasteiger partial charge in [-0.1, -0.05) is 19.3 Å². The summed E-state index contributed by atoms with van der Waals surface area (Å²) >= 11 is 0. The summed E-state index contributed by atoms with van der Waals surface area (Å²) in [5, 5.41) is 17.8. The van der Waals surface area contributed by atoms with Gasteiger partial charge in [0.1, 0.15) is 0 Å². The van der Waals surface area contributed by atoms with Crippen molar-refractivity contribution >= 4 is 5.97 Å². The van der Waals surface area contributed by atoms with E-state index in [1.54, 1.807) is 0 Å². The number of H-pyrrole nitrogens is 1. The lowest BCUT2D eigenvalue weighted by atomic mass is 9.95. The number of nitrogens with zero attached hydrogens (tertiary/aromatic N) is 1. The summed E-state index contributed by atoms with van der Waals surface area (Å²) in [7, 11) is 0. The minimum Gasteiger partial charge on any atom is -0.481 e. The number of nitrogens with one attached hydrogen (secondary N) is 2. The maximum atomic E-state index is 12.4. The lowest BCUT2D eigenvalue weighted by Gasteiger charge is -2.22. The summed E-state index contributed by atoms with van der Waals surface area (Å²) in [5.41, 5.74) is -0.661. The van der Waals surface area contributed by atoms with Crippen LogP contribution in [0.1, 0.15) is 43.5 Å². The van der Waals surface area contributed by atoms with Crippen LogP contribution in [0.15, 0.2) is 6.07 Å². The SMILES string of the molecule is O=C(O)[C@@H]1CCCCC[C@@H]1NCc1cc(C(F)(F)F)n[nH]1. The molecule has 0 spiro atoms. The molecule has 1 aromatic rings. The van der Waals surface area contributed by atoms with Crippen molar-refractivity contribution < 1.29 is 23.1 Å². The number of carboxylic acid groups (broad SMARTS) is 1. The first-order valence-electron chi connectivity index (χ1n) is 6.95. The van der Waals surface area contributed by atoms with E-state index >= 15 is 0 Å². The van der Waals surface area contributed by atoms with Gasteiger partial charge in [0.25, 0.3) is 0 Å². The topological polar surface area (TPSA) is 78.0 Å². The largest absolute Gasteiger partial charge is 0.481 e. The fraction of sp³-hybridized carbons (Fsp3) is 0.692. The second-order valence-corrected chi connectivity index (χ2v) is 5.35. The van der Waals surface area contributed by atoms with E-state index in [0.717, 1.165) is 31.7 Å². The third kappa shape index (κ3) is 4.20. The van der Waals surface area contributed by atoms with Crippen molar-refractivity contribution in [2.45, 2.75) is 50.9 Å². The van der Waals surface area contributed by atoms with Crippen LogP contribution in [0.4, 0.5) is 13.2 Å². The molecule has 2 atom stereocenters. The normalized spacial score (nSPS) is 23.8. The Morgan fingerprint density at radius 3 is 2.71 bits per heavy atom. The fourth-order valence-electron chi connectivity index (χ4n) is 2.69. The predicted octanol–water partition coefficient (Wildman–Crippen LogP) is 2.55. The Morgan fingerprint density at radius 1 is 1.38 bits per heavy atom. The molecule has 21 heavy (non-hydrogen) atoms. The number of hydrogen-bond donors (Lipinski definition) is 3. The van der Waals surface area contributed by atoms with Crippen molar-refractivity contribution in [1.82, 2.24) is 15.5 Å². The first kappa shape index (κ1) is 15.8. The van der Waals surface area contributed by atoms with Gasteiger partial charge in [0.2, 0.25) is 0 Å². The number of aromatic amines is 1. The Kier molecular flexibility index (Phi) is 4.87. The van der Waals surface area contributed by atoms with E-state index in [1.165, 1.54) is 0 Å². The molecule has 0 bridgehead atoms. The fourth-order valence-corrected chi connectivity index (χ4v) is 2.69. The van der Waals surface area contributed by atoms with Crippen LogP contribution < -0.4 is 5.32 Å². The molecule has 0 radical (unpaired) electrons. The number of halogens is 3. The molecule has 3 N–H and O–H groups in total. The molecule has 1 aliphatic rings. The van der Waals surface area contributed by atoms with Gasteiger partial charge in [-0.25, -0.2) is 0 Å². The molecule has 0 aromatic carbocycles. The standard InChI is InChI=1S/C13H18F3N3O2/c14-13(15,16)11-6-8(18-19-11)7-17-10-5-3-1-2-4-9(10)12(20)21/h6,9-10,17H,1-5,7H2,(H,18,19)(H,20,21)/t9-,10+/m1/s1. The molecule has 0 aliphatic heterocycles. The molecule has 1 aliphatic carbocycles. The highest BCUT2D eigenvalue weighted by molar-refractivity contribution is 5.70. The molecule has 0 amide bonds. The van der Waals surface area contributed by atoms with Gasteiger partial charge in [-0.15, -0.1) is 0 Å². The highest BCUT2D eigenvalue weighted by Gasteiger charge is 2.34. The van der Waals surface area contributed by atoms with Crippen molar-refractivity contribution in [3.63, 3.8) is 0 Å². The maximum absolute atomic E-state index is 12.4. The highest BCUT2D eigenvalue weighted by atomic mass is 19.4. The summed E-state index contributed by atoms with van der Waals surface area (Å²) in [6.07, 6.45) is -0.360. The summed E-state index contributed by atoms with van der Waals surface area (Å²) in [6, 6.07) is 0.724.